The molecule has 132 valence electrons. The summed E-state index contributed by atoms with van der Waals surface area (Å²) in [6, 6.07) is 12.3. The molecule has 0 aliphatic carbocycles. The number of hydrogen-bond donors (Lipinski definition) is 3. The van der Waals surface area contributed by atoms with Crippen molar-refractivity contribution in [2.24, 2.45) is 0 Å². The predicted octanol–water partition coefficient (Wildman–Crippen LogP) is 2.04. The van der Waals surface area contributed by atoms with Crippen molar-refractivity contribution in [1.29, 1.82) is 0 Å². The number of rotatable bonds is 4. The van der Waals surface area contributed by atoms with Crippen LogP contribution >= 0.6 is 23.2 Å². The van der Waals surface area contributed by atoms with E-state index in [4.69, 9.17) is 23.2 Å². The van der Waals surface area contributed by atoms with Crippen LogP contribution in [-0.2, 0) is 4.79 Å². The molecule has 5 nitrogen and oxygen atoms in total. The van der Waals surface area contributed by atoms with Crippen molar-refractivity contribution >= 4 is 40.5 Å². The highest BCUT2D eigenvalue weighted by atomic mass is 35.5. The van der Waals surface area contributed by atoms with E-state index >= 15 is 0 Å². The standard InChI is InChI=1S/C18H19Cl2N3O2/c19-13-9-14(20)11-15(10-13)21-18(25)12-22-5-7-23(8-6-22)16-3-1-2-4-17(16)24/h1-4,9-11,24H,5-8,12H2,(H,21,25)/p+1. The highest BCUT2D eigenvalue weighted by molar-refractivity contribution is 6.35. The van der Waals surface area contributed by atoms with Crippen molar-refractivity contribution < 1.29 is 14.8 Å². The second-order valence-corrected chi connectivity index (χ2v) is 6.98. The molecule has 1 heterocycles. The molecule has 0 bridgehead atoms. The first kappa shape index (κ1) is 17.9. The van der Waals surface area contributed by atoms with Gasteiger partial charge in [-0.3, -0.25) is 4.79 Å². The molecule has 0 aromatic heterocycles. The molecule has 3 N–H and O–H groups in total. The van der Waals surface area contributed by atoms with Crippen LogP contribution < -0.4 is 15.1 Å². The van der Waals surface area contributed by atoms with Gasteiger partial charge in [0, 0.05) is 15.7 Å². The van der Waals surface area contributed by atoms with Crippen molar-refractivity contribution in [3.05, 3.63) is 52.5 Å². The van der Waals surface area contributed by atoms with Crippen molar-refractivity contribution in [3.63, 3.8) is 0 Å². The summed E-state index contributed by atoms with van der Waals surface area (Å²) in [5.41, 5.74) is 1.45. The summed E-state index contributed by atoms with van der Waals surface area (Å²) >= 11 is 11.9. The number of halogens is 2. The molecule has 0 spiro atoms. The zero-order valence-electron chi connectivity index (χ0n) is 13.6. The fourth-order valence-corrected chi connectivity index (χ4v) is 3.56. The highest BCUT2D eigenvalue weighted by Gasteiger charge is 2.23. The number of quaternary nitrogens is 1. The number of benzene rings is 2. The van der Waals surface area contributed by atoms with Crippen LogP contribution in [0.15, 0.2) is 42.5 Å². The van der Waals surface area contributed by atoms with E-state index in [9.17, 15) is 9.90 Å². The van der Waals surface area contributed by atoms with Crippen molar-refractivity contribution in [1.82, 2.24) is 0 Å². The molecule has 1 aliphatic rings. The number of phenolic OH excluding ortho intramolecular Hbond substituents is 1. The molecular formula is C18H20Cl2N3O2+. The summed E-state index contributed by atoms with van der Waals surface area (Å²) < 4.78 is 0. The van der Waals surface area contributed by atoms with Gasteiger partial charge in [-0.25, -0.2) is 0 Å². The highest BCUT2D eigenvalue weighted by Crippen LogP contribution is 2.26. The minimum absolute atomic E-state index is 0.0654. The van der Waals surface area contributed by atoms with E-state index in [0.29, 0.717) is 28.0 Å². The number of phenols is 1. The van der Waals surface area contributed by atoms with Crippen LogP contribution in [0.4, 0.5) is 11.4 Å². The van der Waals surface area contributed by atoms with Gasteiger partial charge in [0.2, 0.25) is 0 Å². The maximum absolute atomic E-state index is 12.2. The fraction of sp³-hybridized carbons (Fsp3) is 0.278. The van der Waals surface area contributed by atoms with Crippen molar-refractivity contribution in [2.45, 2.75) is 0 Å². The first-order valence-electron chi connectivity index (χ1n) is 8.14. The summed E-state index contributed by atoms with van der Waals surface area (Å²) in [6.45, 7) is 3.64. The Morgan fingerprint density at radius 2 is 1.76 bits per heavy atom. The number of nitrogens with zero attached hydrogens (tertiary/aromatic N) is 1. The van der Waals surface area contributed by atoms with Crippen molar-refractivity contribution in [2.75, 3.05) is 42.9 Å². The van der Waals surface area contributed by atoms with Crippen LogP contribution in [0.1, 0.15) is 0 Å². The zero-order valence-corrected chi connectivity index (χ0v) is 15.1. The van der Waals surface area contributed by atoms with Gasteiger partial charge in [-0.1, -0.05) is 35.3 Å². The normalized spacial score (nSPS) is 15.2. The Bertz CT molecular complexity index is 741. The lowest BCUT2D eigenvalue weighted by Gasteiger charge is -2.33. The minimum Gasteiger partial charge on any atom is -0.506 e. The molecule has 1 aliphatic heterocycles. The van der Waals surface area contributed by atoms with Crippen LogP contribution in [-0.4, -0.2) is 43.7 Å². The summed E-state index contributed by atoms with van der Waals surface area (Å²) in [5, 5.41) is 13.8. The number of anilines is 2. The summed E-state index contributed by atoms with van der Waals surface area (Å²) in [6.07, 6.45) is 0. The Kier molecular flexibility index (Phi) is 5.68. The van der Waals surface area contributed by atoms with E-state index in [-0.39, 0.29) is 5.91 Å². The maximum Gasteiger partial charge on any atom is 0.279 e. The van der Waals surface area contributed by atoms with Gasteiger partial charge in [0.05, 0.1) is 31.9 Å². The van der Waals surface area contributed by atoms with Gasteiger partial charge < -0.3 is 20.2 Å². The van der Waals surface area contributed by atoms with Gasteiger partial charge in [-0.2, -0.15) is 0 Å². The first-order valence-corrected chi connectivity index (χ1v) is 8.89. The van der Waals surface area contributed by atoms with Crippen molar-refractivity contribution in [3.8, 4) is 5.75 Å². The van der Waals surface area contributed by atoms with Crippen LogP contribution in [0.5, 0.6) is 5.75 Å². The van der Waals surface area contributed by atoms with Crippen LogP contribution in [0.3, 0.4) is 0 Å². The molecule has 0 unspecified atom stereocenters. The Balaban J connectivity index is 1.52. The maximum atomic E-state index is 12.2. The van der Waals surface area contributed by atoms with Gasteiger partial charge in [-0.15, -0.1) is 0 Å². The number of amides is 1. The monoisotopic (exact) mass is 380 g/mol. The van der Waals surface area contributed by atoms with E-state index in [2.05, 4.69) is 10.2 Å². The number of para-hydroxylation sites is 2. The molecular weight excluding hydrogens is 361 g/mol. The Labute approximate surface area is 156 Å². The fourth-order valence-electron chi connectivity index (χ4n) is 3.03. The molecule has 25 heavy (non-hydrogen) atoms. The van der Waals surface area contributed by atoms with Crippen LogP contribution in [0.2, 0.25) is 10.0 Å². The quantitative estimate of drug-likeness (QED) is 0.760. The molecule has 0 saturated carbocycles. The lowest BCUT2D eigenvalue weighted by molar-refractivity contribution is -0.892. The summed E-state index contributed by atoms with van der Waals surface area (Å²) in [7, 11) is 0. The smallest absolute Gasteiger partial charge is 0.279 e. The Hall–Kier alpha value is -1.95. The molecule has 1 saturated heterocycles. The second kappa shape index (κ2) is 7.95. The molecule has 1 fully saturated rings. The van der Waals surface area contributed by atoms with Crippen LogP contribution in [0, 0.1) is 0 Å². The van der Waals surface area contributed by atoms with E-state index in [1.54, 1.807) is 24.3 Å². The zero-order chi connectivity index (χ0) is 17.8. The third-order valence-electron chi connectivity index (χ3n) is 4.25. The lowest BCUT2D eigenvalue weighted by Crippen LogP contribution is -3.15. The van der Waals surface area contributed by atoms with Gasteiger partial charge in [0.25, 0.3) is 5.91 Å². The number of aromatic hydroxyl groups is 1. The summed E-state index contributed by atoms with van der Waals surface area (Å²) in [4.78, 5) is 15.6. The number of piperazine rings is 1. The molecule has 1 amide bonds. The van der Waals surface area contributed by atoms with Gasteiger partial charge in [-0.05, 0) is 30.3 Å². The molecule has 2 aromatic rings. The molecule has 0 radical (unpaired) electrons. The van der Waals surface area contributed by atoms with Crippen LogP contribution in [0.25, 0.3) is 0 Å². The van der Waals surface area contributed by atoms with E-state index in [0.717, 1.165) is 31.9 Å². The second-order valence-electron chi connectivity index (χ2n) is 6.11. The number of hydrogen-bond acceptors (Lipinski definition) is 3. The van der Waals surface area contributed by atoms with E-state index in [1.165, 1.54) is 4.90 Å². The summed E-state index contributed by atoms with van der Waals surface area (Å²) in [5.74, 6) is 0.228. The first-order chi connectivity index (χ1) is 12.0. The Morgan fingerprint density at radius 1 is 1.12 bits per heavy atom. The molecule has 0 atom stereocenters. The average molecular weight is 381 g/mol. The largest absolute Gasteiger partial charge is 0.506 e. The molecule has 3 rings (SSSR count). The average Bonchev–Trinajstić information content (AvgIpc) is 2.55. The molecule has 2 aromatic carbocycles. The predicted molar refractivity (Wildman–Crippen MR) is 101 cm³/mol. The minimum atomic E-state index is -0.0654. The third-order valence-corrected chi connectivity index (χ3v) is 4.69. The molecule has 7 heteroatoms. The topological polar surface area (TPSA) is 57.0 Å². The number of carbonyl (C=O) groups is 1. The SMILES string of the molecule is O=C(C[NH+]1CCN(c2ccccc2O)CC1)Nc1cc(Cl)cc(Cl)c1. The lowest BCUT2D eigenvalue weighted by atomic mass is 10.2. The Morgan fingerprint density at radius 3 is 2.40 bits per heavy atom. The third kappa shape index (κ3) is 4.78. The van der Waals surface area contributed by atoms with Gasteiger partial charge in [0.15, 0.2) is 6.54 Å². The van der Waals surface area contributed by atoms with E-state index < -0.39 is 0 Å². The van der Waals surface area contributed by atoms with Gasteiger partial charge in [0.1, 0.15) is 5.75 Å². The number of nitrogens with one attached hydrogen (secondary N) is 2. The van der Waals surface area contributed by atoms with E-state index in [1.807, 2.05) is 18.2 Å². The number of carbonyl (C=O) groups excluding carboxylic acids is 1. The van der Waals surface area contributed by atoms with Gasteiger partial charge >= 0.3 is 0 Å².